The van der Waals surface area contributed by atoms with Gasteiger partial charge in [0.05, 0.1) is 6.61 Å². The van der Waals surface area contributed by atoms with Crippen molar-refractivity contribution in [2.75, 3.05) is 0 Å². The Balaban J connectivity index is 2.38. The first kappa shape index (κ1) is 8.60. The fourth-order valence-corrected chi connectivity index (χ4v) is 3.12. The van der Waals surface area contributed by atoms with E-state index in [0.717, 1.165) is 5.56 Å². The summed E-state index contributed by atoms with van der Waals surface area (Å²) in [7, 11) is -0.288. The van der Waals surface area contributed by atoms with Gasteiger partial charge in [0.15, 0.2) is 0 Å². The minimum atomic E-state index is -0.288. The van der Waals surface area contributed by atoms with E-state index in [0.29, 0.717) is 0 Å². The SMILES string of the molecule is OCc1ccccc1[SH]1C=CC=C1. The summed E-state index contributed by atoms with van der Waals surface area (Å²) in [5.41, 5.74) is 1.05. The first-order valence-electron chi connectivity index (χ1n) is 4.24. The number of rotatable bonds is 2. The zero-order chi connectivity index (χ0) is 9.10. The summed E-state index contributed by atoms with van der Waals surface area (Å²) in [6, 6.07) is 8.07. The molecule has 1 nitrogen and oxygen atoms in total. The van der Waals surface area contributed by atoms with Gasteiger partial charge < -0.3 is 5.11 Å². The minimum Gasteiger partial charge on any atom is -0.392 e. The zero-order valence-corrected chi connectivity index (χ0v) is 8.11. The highest BCUT2D eigenvalue weighted by atomic mass is 32.2. The molecule has 0 unspecified atom stereocenters. The molecular weight excluding hydrogens is 180 g/mol. The predicted octanol–water partition coefficient (Wildman–Crippen LogP) is 2.58. The highest BCUT2D eigenvalue weighted by molar-refractivity contribution is 8.22. The average molecular weight is 192 g/mol. The van der Waals surface area contributed by atoms with Crippen molar-refractivity contribution in [3.8, 4) is 0 Å². The monoisotopic (exact) mass is 192 g/mol. The molecule has 0 bridgehead atoms. The Kier molecular flexibility index (Phi) is 2.52. The van der Waals surface area contributed by atoms with Gasteiger partial charge >= 0.3 is 0 Å². The lowest BCUT2D eigenvalue weighted by molar-refractivity contribution is 0.279. The molecule has 0 saturated carbocycles. The molecule has 0 aliphatic carbocycles. The lowest BCUT2D eigenvalue weighted by Crippen LogP contribution is -1.87. The van der Waals surface area contributed by atoms with Gasteiger partial charge in [0.2, 0.25) is 0 Å². The normalized spacial score (nSPS) is 16.8. The fraction of sp³-hybridized carbons (Fsp3) is 0.0909. The first-order valence-corrected chi connectivity index (χ1v) is 5.72. The van der Waals surface area contributed by atoms with E-state index in [4.69, 9.17) is 5.11 Å². The summed E-state index contributed by atoms with van der Waals surface area (Å²) >= 11 is 0. The molecule has 0 fully saturated rings. The molecule has 0 atom stereocenters. The third-order valence-corrected chi connectivity index (χ3v) is 4.02. The summed E-state index contributed by atoms with van der Waals surface area (Å²) in [6.45, 7) is 0.136. The van der Waals surface area contributed by atoms with Gasteiger partial charge in [-0.1, -0.05) is 30.4 Å². The van der Waals surface area contributed by atoms with Gasteiger partial charge in [-0.05, 0) is 22.4 Å². The Morgan fingerprint density at radius 2 is 1.77 bits per heavy atom. The number of allylic oxidation sites excluding steroid dienone is 2. The van der Waals surface area contributed by atoms with Gasteiger partial charge in [0.25, 0.3) is 0 Å². The van der Waals surface area contributed by atoms with E-state index in [1.165, 1.54) is 4.90 Å². The number of aliphatic hydroxyl groups is 1. The molecule has 0 spiro atoms. The average Bonchev–Trinajstić information content (AvgIpc) is 2.70. The van der Waals surface area contributed by atoms with Crippen molar-refractivity contribution in [3.63, 3.8) is 0 Å². The van der Waals surface area contributed by atoms with E-state index in [1.54, 1.807) is 0 Å². The van der Waals surface area contributed by atoms with Crippen LogP contribution in [-0.4, -0.2) is 5.11 Å². The molecule has 1 aromatic carbocycles. The molecule has 13 heavy (non-hydrogen) atoms. The summed E-state index contributed by atoms with van der Waals surface area (Å²) in [4.78, 5) is 1.27. The first-order chi connectivity index (χ1) is 6.42. The number of aliphatic hydroxyl groups excluding tert-OH is 1. The Morgan fingerprint density at radius 3 is 2.46 bits per heavy atom. The van der Waals surface area contributed by atoms with Crippen molar-refractivity contribution in [1.82, 2.24) is 0 Å². The molecule has 0 amide bonds. The van der Waals surface area contributed by atoms with Gasteiger partial charge in [-0.15, -0.1) is 0 Å². The largest absolute Gasteiger partial charge is 0.392 e. The van der Waals surface area contributed by atoms with E-state index in [-0.39, 0.29) is 17.5 Å². The second-order valence-electron chi connectivity index (χ2n) is 2.88. The van der Waals surface area contributed by atoms with Gasteiger partial charge in [-0.2, -0.15) is 10.9 Å². The Bertz CT molecular complexity index is 343. The standard InChI is InChI=1S/C11H12OS/c12-9-10-5-1-2-6-11(10)13-7-3-4-8-13/h1-8,12-13H,9H2. The maximum absolute atomic E-state index is 9.14. The number of benzene rings is 1. The van der Waals surface area contributed by atoms with E-state index in [2.05, 4.69) is 29.0 Å². The van der Waals surface area contributed by atoms with Crippen LogP contribution in [0.4, 0.5) is 0 Å². The van der Waals surface area contributed by atoms with E-state index < -0.39 is 0 Å². The quantitative estimate of drug-likeness (QED) is 0.690. The van der Waals surface area contributed by atoms with Gasteiger partial charge in [0.1, 0.15) is 0 Å². The smallest absolute Gasteiger partial charge is 0.0692 e. The van der Waals surface area contributed by atoms with Gasteiger partial charge in [-0.25, -0.2) is 0 Å². The Labute approximate surface area is 80.8 Å². The molecule has 0 radical (unpaired) electrons. The number of thiol groups is 1. The molecule has 1 heterocycles. The number of hydrogen-bond donors (Lipinski definition) is 2. The van der Waals surface area contributed by atoms with Crippen LogP contribution in [0.15, 0.2) is 52.1 Å². The van der Waals surface area contributed by atoms with Crippen LogP contribution in [0, 0.1) is 0 Å². The lowest BCUT2D eigenvalue weighted by atomic mass is 10.2. The van der Waals surface area contributed by atoms with Crippen LogP contribution in [-0.2, 0) is 6.61 Å². The van der Waals surface area contributed by atoms with Crippen LogP contribution in [0.2, 0.25) is 0 Å². The lowest BCUT2D eigenvalue weighted by Gasteiger charge is -2.13. The fourth-order valence-electron chi connectivity index (χ4n) is 1.39. The van der Waals surface area contributed by atoms with E-state index >= 15 is 0 Å². The van der Waals surface area contributed by atoms with Crippen molar-refractivity contribution in [2.45, 2.75) is 11.5 Å². The van der Waals surface area contributed by atoms with Crippen LogP contribution in [0.3, 0.4) is 0 Å². The summed E-state index contributed by atoms with van der Waals surface area (Å²) in [5, 5.41) is 13.5. The predicted molar refractivity (Wildman–Crippen MR) is 57.9 cm³/mol. The highest BCUT2D eigenvalue weighted by Gasteiger charge is 2.06. The van der Waals surface area contributed by atoms with Crippen LogP contribution in [0.1, 0.15) is 5.56 Å². The molecule has 1 aliphatic rings. The zero-order valence-electron chi connectivity index (χ0n) is 7.22. The second kappa shape index (κ2) is 3.81. The summed E-state index contributed by atoms with van der Waals surface area (Å²) in [6.07, 6.45) is 4.14. The van der Waals surface area contributed by atoms with E-state index in [9.17, 15) is 0 Å². The maximum atomic E-state index is 9.14. The van der Waals surface area contributed by atoms with Crippen LogP contribution < -0.4 is 0 Å². The molecule has 2 rings (SSSR count). The molecular formula is C11H12OS. The van der Waals surface area contributed by atoms with E-state index in [1.807, 2.05) is 18.2 Å². The highest BCUT2D eigenvalue weighted by Crippen LogP contribution is 2.43. The van der Waals surface area contributed by atoms with Crippen molar-refractivity contribution in [2.24, 2.45) is 0 Å². The Morgan fingerprint density at radius 1 is 1.08 bits per heavy atom. The summed E-state index contributed by atoms with van der Waals surface area (Å²) in [5.74, 6) is 0. The van der Waals surface area contributed by atoms with Crippen molar-refractivity contribution >= 4 is 10.9 Å². The molecule has 1 aliphatic heterocycles. The van der Waals surface area contributed by atoms with Crippen LogP contribution in [0.25, 0.3) is 0 Å². The van der Waals surface area contributed by atoms with Gasteiger partial charge in [-0.3, -0.25) is 0 Å². The molecule has 1 aromatic rings. The van der Waals surface area contributed by atoms with Crippen LogP contribution >= 0.6 is 10.9 Å². The maximum Gasteiger partial charge on any atom is 0.0692 e. The van der Waals surface area contributed by atoms with Crippen molar-refractivity contribution in [3.05, 3.63) is 52.8 Å². The number of hydrogen-bond acceptors (Lipinski definition) is 1. The topological polar surface area (TPSA) is 20.2 Å². The van der Waals surface area contributed by atoms with Crippen molar-refractivity contribution < 1.29 is 5.11 Å². The van der Waals surface area contributed by atoms with Gasteiger partial charge in [0, 0.05) is 4.90 Å². The van der Waals surface area contributed by atoms with Crippen molar-refractivity contribution in [1.29, 1.82) is 0 Å². The molecule has 2 heteroatoms. The summed E-state index contributed by atoms with van der Waals surface area (Å²) < 4.78 is 0. The third-order valence-electron chi connectivity index (χ3n) is 2.04. The van der Waals surface area contributed by atoms with Crippen LogP contribution in [0.5, 0.6) is 0 Å². The third kappa shape index (κ3) is 1.69. The molecule has 0 saturated heterocycles. The molecule has 0 aromatic heterocycles. The minimum absolute atomic E-state index is 0.136. The Hall–Kier alpha value is -0.990. The molecule has 68 valence electrons. The second-order valence-corrected chi connectivity index (χ2v) is 4.77. The molecule has 1 N–H and O–H groups in total.